The Balaban J connectivity index is 2.93. The van der Waals surface area contributed by atoms with Crippen molar-refractivity contribution in [2.45, 2.75) is 32.7 Å². The number of anilines is 1. The molecule has 0 aliphatic carbocycles. The summed E-state index contributed by atoms with van der Waals surface area (Å²) >= 11 is 0. The maximum absolute atomic E-state index is 10.9. The van der Waals surface area contributed by atoms with Crippen molar-refractivity contribution in [2.24, 2.45) is 0 Å². The van der Waals surface area contributed by atoms with Gasteiger partial charge in [-0.15, -0.1) is 0 Å². The molecule has 1 aromatic rings. The number of carboxylic acid groups (broad SMARTS) is 1. The lowest BCUT2D eigenvalue weighted by Gasteiger charge is -2.17. The smallest absolute Gasteiger partial charge is 0.339 e. The van der Waals surface area contributed by atoms with Gasteiger partial charge >= 0.3 is 5.97 Å². The second-order valence-corrected chi connectivity index (χ2v) is 3.88. The maximum Gasteiger partial charge on any atom is 0.339 e. The van der Waals surface area contributed by atoms with E-state index in [1.54, 1.807) is 18.2 Å². The quantitative estimate of drug-likeness (QED) is 0.798. The summed E-state index contributed by atoms with van der Waals surface area (Å²) in [7, 11) is 1.47. The Morgan fingerprint density at radius 1 is 1.41 bits per heavy atom. The van der Waals surface area contributed by atoms with E-state index in [0.717, 1.165) is 18.5 Å². The standard InChI is InChI=1S/C13H19NO3/c1-4-9(5-2)14-10-6-7-11(13(15)16)12(8-10)17-3/h6-9,14H,4-5H2,1-3H3,(H,15,16). The summed E-state index contributed by atoms with van der Waals surface area (Å²) in [6.45, 7) is 4.23. The Kier molecular flexibility index (Phi) is 4.82. The number of methoxy groups -OCH3 is 1. The van der Waals surface area contributed by atoms with Crippen LogP contribution in [0.25, 0.3) is 0 Å². The molecule has 0 atom stereocenters. The zero-order valence-corrected chi connectivity index (χ0v) is 10.5. The van der Waals surface area contributed by atoms with Crippen LogP contribution in [0.4, 0.5) is 5.69 Å². The molecule has 0 fully saturated rings. The van der Waals surface area contributed by atoms with E-state index in [4.69, 9.17) is 9.84 Å². The van der Waals surface area contributed by atoms with Crippen LogP contribution < -0.4 is 10.1 Å². The summed E-state index contributed by atoms with van der Waals surface area (Å²) in [6.07, 6.45) is 2.05. The number of carboxylic acids is 1. The fourth-order valence-corrected chi connectivity index (χ4v) is 1.69. The highest BCUT2D eigenvalue weighted by Gasteiger charge is 2.12. The van der Waals surface area contributed by atoms with Gasteiger partial charge < -0.3 is 15.2 Å². The van der Waals surface area contributed by atoms with Crippen molar-refractivity contribution in [1.29, 1.82) is 0 Å². The molecule has 0 amide bonds. The fraction of sp³-hybridized carbons (Fsp3) is 0.462. The lowest BCUT2D eigenvalue weighted by molar-refractivity contribution is 0.0693. The van der Waals surface area contributed by atoms with E-state index in [1.807, 2.05) is 0 Å². The summed E-state index contributed by atoms with van der Waals surface area (Å²) in [5.74, 6) is -0.593. The topological polar surface area (TPSA) is 58.6 Å². The first-order valence-electron chi connectivity index (χ1n) is 5.80. The molecule has 1 aromatic carbocycles. The highest BCUT2D eigenvalue weighted by Crippen LogP contribution is 2.24. The largest absolute Gasteiger partial charge is 0.496 e. The molecule has 0 aromatic heterocycles. The predicted molar refractivity (Wildman–Crippen MR) is 67.9 cm³/mol. The molecule has 0 unspecified atom stereocenters. The van der Waals surface area contributed by atoms with E-state index in [2.05, 4.69) is 19.2 Å². The molecular weight excluding hydrogens is 218 g/mol. The Morgan fingerprint density at radius 3 is 2.53 bits per heavy atom. The van der Waals surface area contributed by atoms with Crippen LogP contribution in [0.15, 0.2) is 18.2 Å². The van der Waals surface area contributed by atoms with Crippen LogP contribution in [-0.4, -0.2) is 24.2 Å². The van der Waals surface area contributed by atoms with Crippen LogP contribution >= 0.6 is 0 Å². The Morgan fingerprint density at radius 2 is 2.06 bits per heavy atom. The second kappa shape index (κ2) is 6.13. The predicted octanol–water partition coefficient (Wildman–Crippen LogP) is 2.99. The van der Waals surface area contributed by atoms with Crippen molar-refractivity contribution in [3.63, 3.8) is 0 Å². The lowest BCUT2D eigenvalue weighted by atomic mass is 10.1. The molecule has 0 aliphatic heterocycles. The van der Waals surface area contributed by atoms with Crippen molar-refractivity contribution in [1.82, 2.24) is 0 Å². The SMILES string of the molecule is CCC(CC)Nc1ccc(C(=O)O)c(OC)c1. The second-order valence-electron chi connectivity index (χ2n) is 3.88. The molecule has 94 valence electrons. The first-order chi connectivity index (χ1) is 8.12. The van der Waals surface area contributed by atoms with Crippen LogP contribution in [0.3, 0.4) is 0 Å². The number of rotatable bonds is 6. The number of aromatic carboxylic acids is 1. The zero-order chi connectivity index (χ0) is 12.8. The van der Waals surface area contributed by atoms with Crippen molar-refractivity contribution < 1.29 is 14.6 Å². The fourth-order valence-electron chi connectivity index (χ4n) is 1.69. The van der Waals surface area contributed by atoms with Gasteiger partial charge in [0.25, 0.3) is 0 Å². The van der Waals surface area contributed by atoms with E-state index in [-0.39, 0.29) is 5.56 Å². The molecule has 0 saturated heterocycles. The maximum atomic E-state index is 10.9. The van der Waals surface area contributed by atoms with Gasteiger partial charge in [0, 0.05) is 17.8 Å². The minimum absolute atomic E-state index is 0.183. The van der Waals surface area contributed by atoms with Gasteiger partial charge in [-0.1, -0.05) is 13.8 Å². The first kappa shape index (κ1) is 13.4. The van der Waals surface area contributed by atoms with Gasteiger partial charge in [-0.05, 0) is 25.0 Å². The molecule has 0 spiro atoms. The molecule has 0 radical (unpaired) electrons. The molecule has 4 heteroatoms. The Bertz CT molecular complexity index is 386. The summed E-state index contributed by atoms with van der Waals surface area (Å²) in [5, 5.41) is 12.3. The van der Waals surface area contributed by atoms with E-state index < -0.39 is 5.97 Å². The third-order valence-corrected chi connectivity index (χ3v) is 2.79. The van der Waals surface area contributed by atoms with Crippen LogP contribution in [0.1, 0.15) is 37.0 Å². The third-order valence-electron chi connectivity index (χ3n) is 2.79. The highest BCUT2D eigenvalue weighted by atomic mass is 16.5. The lowest BCUT2D eigenvalue weighted by Crippen LogP contribution is -2.17. The average Bonchev–Trinajstić information content (AvgIpc) is 2.35. The summed E-state index contributed by atoms with van der Waals surface area (Å²) < 4.78 is 5.08. The van der Waals surface area contributed by atoms with Gasteiger partial charge in [0.2, 0.25) is 0 Å². The van der Waals surface area contributed by atoms with Crippen LogP contribution in [0.5, 0.6) is 5.75 Å². The van der Waals surface area contributed by atoms with Crippen molar-refractivity contribution >= 4 is 11.7 Å². The molecular formula is C13H19NO3. The summed E-state index contributed by atoms with van der Waals surface area (Å²) in [6, 6.07) is 5.45. The number of ether oxygens (including phenoxy) is 1. The summed E-state index contributed by atoms with van der Waals surface area (Å²) in [5.41, 5.74) is 1.07. The summed E-state index contributed by atoms with van der Waals surface area (Å²) in [4.78, 5) is 10.9. The molecule has 4 nitrogen and oxygen atoms in total. The third kappa shape index (κ3) is 3.37. The number of benzene rings is 1. The van der Waals surface area contributed by atoms with E-state index in [0.29, 0.717) is 11.8 Å². The average molecular weight is 237 g/mol. The van der Waals surface area contributed by atoms with E-state index >= 15 is 0 Å². The minimum atomic E-state index is -0.976. The van der Waals surface area contributed by atoms with Crippen molar-refractivity contribution in [3.05, 3.63) is 23.8 Å². The van der Waals surface area contributed by atoms with Gasteiger partial charge in [-0.25, -0.2) is 4.79 Å². The minimum Gasteiger partial charge on any atom is -0.496 e. The van der Waals surface area contributed by atoms with Gasteiger partial charge in [0.15, 0.2) is 0 Å². The Hall–Kier alpha value is -1.71. The van der Waals surface area contributed by atoms with Crippen molar-refractivity contribution in [3.8, 4) is 5.75 Å². The van der Waals surface area contributed by atoms with E-state index in [9.17, 15) is 4.79 Å². The van der Waals surface area contributed by atoms with Crippen LogP contribution in [-0.2, 0) is 0 Å². The van der Waals surface area contributed by atoms with Gasteiger partial charge in [0.1, 0.15) is 11.3 Å². The molecule has 0 saturated carbocycles. The van der Waals surface area contributed by atoms with Gasteiger partial charge in [0.05, 0.1) is 7.11 Å². The molecule has 1 rings (SSSR count). The number of nitrogens with one attached hydrogen (secondary N) is 1. The molecule has 0 bridgehead atoms. The normalized spacial score (nSPS) is 10.4. The van der Waals surface area contributed by atoms with Gasteiger partial charge in [-0.3, -0.25) is 0 Å². The number of carbonyl (C=O) groups is 1. The molecule has 0 heterocycles. The van der Waals surface area contributed by atoms with Crippen LogP contribution in [0, 0.1) is 0 Å². The molecule has 0 aliphatic rings. The van der Waals surface area contributed by atoms with E-state index in [1.165, 1.54) is 7.11 Å². The first-order valence-corrected chi connectivity index (χ1v) is 5.80. The monoisotopic (exact) mass is 237 g/mol. The van der Waals surface area contributed by atoms with Gasteiger partial charge in [-0.2, -0.15) is 0 Å². The number of hydrogen-bond acceptors (Lipinski definition) is 3. The zero-order valence-electron chi connectivity index (χ0n) is 10.5. The molecule has 2 N–H and O–H groups in total. The number of hydrogen-bond donors (Lipinski definition) is 2. The van der Waals surface area contributed by atoms with Crippen LogP contribution in [0.2, 0.25) is 0 Å². The molecule has 17 heavy (non-hydrogen) atoms. The van der Waals surface area contributed by atoms with Crippen molar-refractivity contribution in [2.75, 3.05) is 12.4 Å². The Labute approximate surface area is 102 Å². The highest BCUT2D eigenvalue weighted by molar-refractivity contribution is 5.91.